The lowest BCUT2D eigenvalue weighted by Gasteiger charge is -2.20. The Morgan fingerprint density at radius 1 is 1.30 bits per heavy atom. The van der Waals surface area contributed by atoms with Crippen molar-refractivity contribution in [3.05, 3.63) is 52.9 Å². The molecule has 0 saturated carbocycles. The molecule has 23 heavy (non-hydrogen) atoms. The number of benzene rings is 1. The number of anilines is 1. The van der Waals surface area contributed by atoms with Gasteiger partial charge >= 0.3 is 0 Å². The molecule has 3 heterocycles. The highest BCUT2D eigenvalue weighted by molar-refractivity contribution is 9.10. The first-order valence-electron chi connectivity index (χ1n) is 7.96. The van der Waals surface area contributed by atoms with Gasteiger partial charge in [0.25, 0.3) is 0 Å². The Bertz CT molecular complexity index is 842. The molecule has 0 radical (unpaired) electrons. The van der Waals surface area contributed by atoms with Gasteiger partial charge < -0.3 is 4.90 Å². The molecule has 1 unspecified atom stereocenters. The van der Waals surface area contributed by atoms with Gasteiger partial charge in [0, 0.05) is 48.1 Å². The predicted octanol–water partition coefficient (Wildman–Crippen LogP) is 3.80. The van der Waals surface area contributed by atoms with Crippen LogP contribution in [0, 0.1) is 5.92 Å². The summed E-state index contributed by atoms with van der Waals surface area (Å²) in [5.74, 6) is 0.689. The van der Waals surface area contributed by atoms with Crippen molar-refractivity contribution >= 4 is 32.5 Å². The Kier molecular flexibility index (Phi) is 3.81. The van der Waals surface area contributed by atoms with Gasteiger partial charge in [0.2, 0.25) is 0 Å². The molecule has 0 bridgehead atoms. The first-order chi connectivity index (χ1) is 11.2. The summed E-state index contributed by atoms with van der Waals surface area (Å²) in [7, 11) is 1.98. The topological polar surface area (TPSA) is 34.0 Å². The maximum atomic E-state index is 4.49. The summed E-state index contributed by atoms with van der Waals surface area (Å²) in [4.78, 5) is 6.98. The highest BCUT2D eigenvalue weighted by atomic mass is 79.9. The SMILES string of the molecule is Cn1cc(CC2CCN(c3ccnc4ccc(Br)cc34)C2)cn1. The van der Waals surface area contributed by atoms with E-state index >= 15 is 0 Å². The van der Waals surface area contributed by atoms with Crippen molar-refractivity contribution in [2.75, 3.05) is 18.0 Å². The normalized spacial score (nSPS) is 18.0. The molecule has 3 aromatic rings. The summed E-state index contributed by atoms with van der Waals surface area (Å²) in [6.45, 7) is 2.21. The van der Waals surface area contributed by atoms with E-state index in [4.69, 9.17) is 0 Å². The van der Waals surface area contributed by atoms with Crippen LogP contribution in [0.5, 0.6) is 0 Å². The third kappa shape index (κ3) is 2.98. The van der Waals surface area contributed by atoms with Crippen molar-refractivity contribution in [3.63, 3.8) is 0 Å². The van der Waals surface area contributed by atoms with Crippen LogP contribution in [0.25, 0.3) is 10.9 Å². The van der Waals surface area contributed by atoms with Crippen molar-refractivity contribution in [1.82, 2.24) is 14.8 Å². The minimum absolute atomic E-state index is 0.689. The Balaban J connectivity index is 1.56. The summed E-state index contributed by atoms with van der Waals surface area (Å²) >= 11 is 3.58. The molecular formula is C18H19BrN4. The molecule has 1 saturated heterocycles. The van der Waals surface area contributed by atoms with E-state index < -0.39 is 0 Å². The van der Waals surface area contributed by atoms with Crippen molar-refractivity contribution in [2.24, 2.45) is 13.0 Å². The van der Waals surface area contributed by atoms with Crippen molar-refractivity contribution < 1.29 is 0 Å². The molecule has 0 N–H and O–H groups in total. The first-order valence-corrected chi connectivity index (χ1v) is 8.75. The van der Waals surface area contributed by atoms with Crippen molar-refractivity contribution in [3.8, 4) is 0 Å². The van der Waals surface area contributed by atoms with Gasteiger partial charge in [0.1, 0.15) is 0 Å². The summed E-state index contributed by atoms with van der Waals surface area (Å²) in [6.07, 6.45) is 8.37. The maximum Gasteiger partial charge on any atom is 0.0723 e. The van der Waals surface area contributed by atoms with E-state index in [-0.39, 0.29) is 0 Å². The van der Waals surface area contributed by atoms with Gasteiger partial charge in [-0.3, -0.25) is 9.67 Å². The molecule has 5 heteroatoms. The fourth-order valence-corrected chi connectivity index (χ4v) is 3.87. The molecule has 0 aliphatic carbocycles. The fraction of sp³-hybridized carbons (Fsp3) is 0.333. The van der Waals surface area contributed by atoms with E-state index in [1.54, 1.807) is 0 Å². The van der Waals surface area contributed by atoms with Crippen LogP contribution in [0.1, 0.15) is 12.0 Å². The van der Waals surface area contributed by atoms with Gasteiger partial charge in [-0.2, -0.15) is 5.10 Å². The van der Waals surface area contributed by atoms with Crippen LogP contribution in [-0.4, -0.2) is 27.9 Å². The van der Waals surface area contributed by atoms with E-state index in [1.807, 2.05) is 30.2 Å². The second-order valence-electron chi connectivity index (χ2n) is 6.32. The van der Waals surface area contributed by atoms with Gasteiger partial charge in [-0.1, -0.05) is 15.9 Å². The molecule has 0 spiro atoms. The Morgan fingerprint density at radius 3 is 3.04 bits per heavy atom. The zero-order valence-corrected chi connectivity index (χ0v) is 14.7. The van der Waals surface area contributed by atoms with E-state index in [9.17, 15) is 0 Å². The molecule has 0 amide bonds. The number of pyridine rings is 1. The van der Waals surface area contributed by atoms with Crippen LogP contribution >= 0.6 is 15.9 Å². The van der Waals surface area contributed by atoms with Crippen molar-refractivity contribution in [2.45, 2.75) is 12.8 Å². The predicted molar refractivity (Wildman–Crippen MR) is 96.7 cm³/mol. The number of hydrogen-bond acceptors (Lipinski definition) is 3. The molecule has 1 aromatic carbocycles. The van der Waals surface area contributed by atoms with Gasteiger partial charge in [0.15, 0.2) is 0 Å². The molecule has 118 valence electrons. The van der Waals surface area contributed by atoms with E-state index in [0.717, 1.165) is 29.5 Å². The maximum absolute atomic E-state index is 4.49. The standard InChI is InChI=1S/C18H19BrN4/c1-22-11-14(10-21-22)8-13-5-7-23(12-13)18-4-6-20-17-3-2-15(19)9-16(17)18/h2-4,6,9-11,13H,5,7-8,12H2,1H3. The zero-order chi connectivity index (χ0) is 15.8. The van der Waals surface area contributed by atoms with E-state index in [0.29, 0.717) is 5.92 Å². The molecule has 1 aliphatic rings. The number of halogens is 1. The molecule has 2 aromatic heterocycles. The van der Waals surface area contributed by atoms with E-state index in [1.165, 1.54) is 23.1 Å². The summed E-state index contributed by atoms with van der Waals surface area (Å²) in [6, 6.07) is 8.44. The quantitative estimate of drug-likeness (QED) is 0.702. The Hall–Kier alpha value is -1.88. The number of aryl methyl sites for hydroxylation is 1. The second-order valence-corrected chi connectivity index (χ2v) is 7.23. The number of nitrogens with zero attached hydrogens (tertiary/aromatic N) is 4. The lowest BCUT2D eigenvalue weighted by atomic mass is 10.0. The minimum atomic E-state index is 0.689. The van der Waals surface area contributed by atoms with Gasteiger partial charge in [-0.25, -0.2) is 0 Å². The van der Waals surface area contributed by atoms with Crippen LogP contribution in [0.2, 0.25) is 0 Å². The van der Waals surface area contributed by atoms with Crippen LogP contribution < -0.4 is 4.90 Å². The summed E-state index contributed by atoms with van der Waals surface area (Å²) < 4.78 is 2.99. The first kappa shape index (κ1) is 14.7. The molecule has 4 rings (SSSR count). The summed E-state index contributed by atoms with van der Waals surface area (Å²) in [5, 5.41) is 5.50. The Labute approximate surface area is 144 Å². The second kappa shape index (κ2) is 5.96. The fourth-order valence-electron chi connectivity index (χ4n) is 3.51. The number of rotatable bonds is 3. The minimum Gasteiger partial charge on any atom is -0.371 e. The molecule has 4 nitrogen and oxygen atoms in total. The molecule has 1 fully saturated rings. The number of fused-ring (bicyclic) bond motifs is 1. The lowest BCUT2D eigenvalue weighted by Crippen LogP contribution is -2.20. The van der Waals surface area contributed by atoms with Gasteiger partial charge in [-0.05, 0) is 48.6 Å². The van der Waals surface area contributed by atoms with Gasteiger partial charge in [-0.15, -0.1) is 0 Å². The monoisotopic (exact) mass is 370 g/mol. The Morgan fingerprint density at radius 2 is 2.22 bits per heavy atom. The van der Waals surface area contributed by atoms with Crippen LogP contribution in [0.3, 0.4) is 0 Å². The van der Waals surface area contributed by atoms with Crippen LogP contribution in [0.4, 0.5) is 5.69 Å². The molecule has 1 atom stereocenters. The highest BCUT2D eigenvalue weighted by Gasteiger charge is 2.24. The number of aromatic nitrogens is 3. The lowest BCUT2D eigenvalue weighted by molar-refractivity contribution is 0.586. The average Bonchev–Trinajstić information content (AvgIpc) is 3.16. The highest BCUT2D eigenvalue weighted by Crippen LogP contribution is 2.32. The van der Waals surface area contributed by atoms with Crippen LogP contribution in [-0.2, 0) is 13.5 Å². The van der Waals surface area contributed by atoms with Crippen LogP contribution in [0.15, 0.2) is 47.3 Å². The third-order valence-electron chi connectivity index (χ3n) is 4.59. The largest absolute Gasteiger partial charge is 0.371 e. The van der Waals surface area contributed by atoms with Gasteiger partial charge in [0.05, 0.1) is 11.7 Å². The van der Waals surface area contributed by atoms with Crippen molar-refractivity contribution in [1.29, 1.82) is 0 Å². The summed E-state index contributed by atoms with van der Waals surface area (Å²) in [5.41, 5.74) is 3.69. The molecular weight excluding hydrogens is 352 g/mol. The van der Waals surface area contributed by atoms with E-state index in [2.05, 4.69) is 55.3 Å². The average molecular weight is 371 g/mol. The third-order valence-corrected chi connectivity index (χ3v) is 5.08. The zero-order valence-electron chi connectivity index (χ0n) is 13.1. The number of hydrogen-bond donors (Lipinski definition) is 0. The smallest absolute Gasteiger partial charge is 0.0723 e. The molecule has 1 aliphatic heterocycles.